The van der Waals surface area contributed by atoms with E-state index in [4.69, 9.17) is 21.4 Å². The van der Waals surface area contributed by atoms with Crippen molar-refractivity contribution in [3.05, 3.63) is 24.3 Å². The third-order valence-electron chi connectivity index (χ3n) is 2.44. The summed E-state index contributed by atoms with van der Waals surface area (Å²) in [4.78, 5) is -2.79. The molecule has 0 aromatic carbocycles. The summed E-state index contributed by atoms with van der Waals surface area (Å²) >= 11 is 0. The molecule has 0 heterocycles. The van der Waals surface area contributed by atoms with Gasteiger partial charge in [-0.25, -0.2) is 16.8 Å². The Hall–Kier alpha value is -0.0800. The zero-order chi connectivity index (χ0) is 12.8. The van der Waals surface area contributed by atoms with Crippen LogP contribution in [0.25, 0.3) is 0 Å². The minimum absolute atomic E-state index is 0.773. The fraction of sp³-hybridized carbons (Fsp3) is 0.429. The molecular weight excluding hydrogens is 299 g/mol. The molecule has 1 rings (SSSR count). The third kappa shape index (κ3) is 1.80. The van der Waals surface area contributed by atoms with Gasteiger partial charge in [-0.1, -0.05) is 18.2 Å². The first-order valence-electron chi connectivity index (χ1n) is 3.93. The second-order valence-electron chi connectivity index (χ2n) is 3.40. The Kier molecular flexibility index (Phi) is 3.24. The van der Waals surface area contributed by atoms with Crippen LogP contribution in [0.3, 0.4) is 0 Å². The topological polar surface area (TPSA) is 88.5 Å². The van der Waals surface area contributed by atoms with E-state index < -0.39 is 27.8 Å². The van der Waals surface area contributed by atoms with Gasteiger partial charge in [0.25, 0.3) is 9.05 Å². The summed E-state index contributed by atoms with van der Waals surface area (Å²) < 4.78 is 43.1. The van der Waals surface area contributed by atoms with Crippen molar-refractivity contribution in [3.8, 4) is 0 Å². The van der Waals surface area contributed by atoms with Crippen LogP contribution >= 0.6 is 21.4 Å². The van der Waals surface area contributed by atoms with Crippen LogP contribution in [0.2, 0.25) is 0 Å². The van der Waals surface area contributed by atoms with Gasteiger partial charge in [0, 0.05) is 21.4 Å². The van der Waals surface area contributed by atoms with Crippen molar-refractivity contribution in [2.24, 2.45) is 0 Å². The lowest BCUT2D eigenvalue weighted by atomic mass is 9.98. The highest BCUT2D eigenvalue weighted by Crippen LogP contribution is 2.42. The standard InChI is InChI=1S/C7H8Cl2O5S2/c1-6(15(8,11)12)4-2-3-5-7(6,10)16(9,13)14/h2-5,10H,1H3. The minimum Gasteiger partial charge on any atom is -0.369 e. The highest BCUT2D eigenvalue weighted by Gasteiger charge is 2.61. The predicted octanol–water partition coefficient (Wildman–Crippen LogP) is 0.697. The molecule has 1 aliphatic carbocycles. The number of rotatable bonds is 2. The van der Waals surface area contributed by atoms with Gasteiger partial charge in [-0.3, -0.25) is 0 Å². The van der Waals surface area contributed by atoms with Crippen LogP contribution in [0.15, 0.2) is 24.3 Å². The van der Waals surface area contributed by atoms with Gasteiger partial charge in [0.05, 0.1) is 0 Å². The molecule has 5 nitrogen and oxygen atoms in total. The predicted molar refractivity (Wildman–Crippen MR) is 61.2 cm³/mol. The molecule has 2 atom stereocenters. The molecule has 0 aromatic heterocycles. The van der Waals surface area contributed by atoms with Gasteiger partial charge >= 0.3 is 0 Å². The van der Waals surface area contributed by atoms with Crippen molar-refractivity contribution in [1.82, 2.24) is 0 Å². The molecule has 0 fully saturated rings. The monoisotopic (exact) mass is 306 g/mol. The Bertz CT molecular complexity index is 510. The maximum atomic E-state index is 11.4. The van der Waals surface area contributed by atoms with Gasteiger partial charge in [0.2, 0.25) is 14.0 Å². The van der Waals surface area contributed by atoms with E-state index in [2.05, 4.69) is 0 Å². The maximum absolute atomic E-state index is 11.4. The Morgan fingerprint density at radius 1 is 1.00 bits per heavy atom. The van der Waals surface area contributed by atoms with Crippen LogP contribution in [0.1, 0.15) is 6.92 Å². The van der Waals surface area contributed by atoms with Crippen molar-refractivity contribution in [3.63, 3.8) is 0 Å². The summed E-state index contributed by atoms with van der Waals surface area (Å²) in [5.74, 6) is 0. The fourth-order valence-electron chi connectivity index (χ4n) is 1.29. The molecule has 1 aliphatic rings. The van der Waals surface area contributed by atoms with Crippen molar-refractivity contribution in [2.75, 3.05) is 0 Å². The molecule has 9 heteroatoms. The molecule has 1 N–H and O–H groups in total. The van der Waals surface area contributed by atoms with E-state index in [1.165, 1.54) is 12.2 Å². The molecule has 0 aliphatic heterocycles. The van der Waals surface area contributed by atoms with Crippen molar-refractivity contribution in [2.45, 2.75) is 16.6 Å². The Morgan fingerprint density at radius 3 is 1.75 bits per heavy atom. The molecule has 0 bridgehead atoms. The van der Waals surface area contributed by atoms with Gasteiger partial charge < -0.3 is 5.11 Å². The number of aliphatic hydroxyl groups is 1. The second-order valence-corrected chi connectivity index (χ2v) is 9.06. The largest absolute Gasteiger partial charge is 0.369 e. The normalized spacial score (nSPS) is 35.2. The first-order valence-corrected chi connectivity index (χ1v) is 8.55. The Morgan fingerprint density at radius 2 is 1.44 bits per heavy atom. The van der Waals surface area contributed by atoms with Crippen LogP contribution in [0.4, 0.5) is 0 Å². The number of hydrogen-bond donors (Lipinski definition) is 1. The zero-order valence-electron chi connectivity index (χ0n) is 7.96. The average molecular weight is 307 g/mol. The van der Waals surface area contributed by atoms with Crippen molar-refractivity contribution >= 4 is 39.5 Å². The first kappa shape index (κ1) is 14.0. The van der Waals surface area contributed by atoms with Crippen LogP contribution in [-0.2, 0) is 18.1 Å². The third-order valence-corrected chi connectivity index (χ3v) is 7.00. The molecule has 0 aromatic rings. The van der Waals surface area contributed by atoms with E-state index in [0.717, 1.165) is 19.1 Å². The van der Waals surface area contributed by atoms with Gasteiger partial charge in [0.1, 0.15) is 0 Å². The van der Waals surface area contributed by atoms with Crippen LogP contribution in [-0.4, -0.2) is 31.6 Å². The lowest BCUT2D eigenvalue weighted by Gasteiger charge is -2.37. The van der Waals surface area contributed by atoms with Crippen LogP contribution in [0, 0.1) is 0 Å². The smallest absolute Gasteiger partial charge is 0.268 e. The molecule has 0 amide bonds. The van der Waals surface area contributed by atoms with Crippen molar-refractivity contribution in [1.29, 1.82) is 0 Å². The van der Waals surface area contributed by atoms with Crippen molar-refractivity contribution < 1.29 is 21.9 Å². The molecule has 0 spiro atoms. The van der Waals surface area contributed by atoms with Gasteiger partial charge in [0.15, 0.2) is 4.75 Å². The molecule has 16 heavy (non-hydrogen) atoms. The Labute approximate surface area is 102 Å². The molecular formula is C7H8Cl2O5S2. The van der Waals surface area contributed by atoms with E-state index in [1.807, 2.05) is 0 Å². The highest BCUT2D eigenvalue weighted by molar-refractivity contribution is 8.18. The Balaban J connectivity index is 3.64. The molecule has 2 unspecified atom stereocenters. The SMILES string of the molecule is CC1(S(=O)(=O)Cl)C=CC=CC1(O)S(=O)(=O)Cl. The fourth-order valence-corrected chi connectivity index (χ4v) is 4.82. The molecule has 92 valence electrons. The minimum atomic E-state index is -4.59. The van der Waals surface area contributed by atoms with E-state index in [0.29, 0.717) is 0 Å². The lowest BCUT2D eigenvalue weighted by Crippen LogP contribution is -2.57. The summed E-state index contributed by atoms with van der Waals surface area (Å²) in [7, 11) is 1.22. The van der Waals surface area contributed by atoms with E-state index in [1.54, 1.807) is 0 Å². The second kappa shape index (κ2) is 3.71. The van der Waals surface area contributed by atoms with E-state index in [9.17, 15) is 21.9 Å². The summed E-state index contributed by atoms with van der Waals surface area (Å²) in [5.41, 5.74) is 0. The zero-order valence-corrected chi connectivity index (χ0v) is 11.1. The summed E-state index contributed by atoms with van der Waals surface area (Å²) in [6.45, 7) is 0.968. The number of halogens is 2. The first-order chi connectivity index (χ1) is 6.96. The average Bonchev–Trinajstić information content (AvgIpc) is 2.06. The number of allylic oxidation sites excluding steroid dienone is 2. The van der Waals surface area contributed by atoms with Gasteiger partial charge in [-0.05, 0) is 13.0 Å². The molecule has 0 radical (unpaired) electrons. The summed E-state index contributed by atoms with van der Waals surface area (Å²) in [6, 6.07) is 0. The quantitative estimate of drug-likeness (QED) is 0.759. The lowest BCUT2D eigenvalue weighted by molar-refractivity contribution is 0.149. The highest BCUT2D eigenvalue weighted by atomic mass is 35.7. The maximum Gasteiger partial charge on any atom is 0.268 e. The van der Waals surface area contributed by atoms with E-state index >= 15 is 0 Å². The molecule has 0 saturated heterocycles. The summed E-state index contributed by atoms with van der Waals surface area (Å²) in [5, 5.41) is 9.94. The van der Waals surface area contributed by atoms with Gasteiger partial charge in [-0.15, -0.1) is 0 Å². The summed E-state index contributed by atoms with van der Waals surface area (Å²) in [6.07, 6.45) is 4.17. The van der Waals surface area contributed by atoms with Crippen LogP contribution in [0.5, 0.6) is 0 Å². The van der Waals surface area contributed by atoms with E-state index in [-0.39, 0.29) is 0 Å². The van der Waals surface area contributed by atoms with Gasteiger partial charge in [-0.2, -0.15) is 0 Å². The number of hydrogen-bond acceptors (Lipinski definition) is 5. The molecule has 0 saturated carbocycles. The van der Waals surface area contributed by atoms with Crippen LogP contribution < -0.4 is 0 Å².